The number of nitrogens with zero attached hydrogens (tertiary/aromatic N) is 3. The van der Waals surface area contributed by atoms with Crippen LogP contribution in [0.15, 0.2) is 0 Å². The molecule has 0 saturated heterocycles. The number of aryl methyl sites for hydroxylation is 5. The lowest BCUT2D eigenvalue weighted by atomic mass is 10.1. The SMILES string of the molecule is CCc1nc(Cc2nc(C)[nH]c2C)c(Cc2nc(C)[nH]c2C)[nH]1. The number of H-pyrrole nitrogens is 3. The Morgan fingerprint density at radius 3 is 1.74 bits per heavy atom. The van der Waals surface area contributed by atoms with Gasteiger partial charge in [-0.2, -0.15) is 0 Å². The van der Waals surface area contributed by atoms with Gasteiger partial charge in [0.15, 0.2) is 0 Å². The van der Waals surface area contributed by atoms with Crippen molar-refractivity contribution in [2.75, 3.05) is 0 Å². The van der Waals surface area contributed by atoms with Gasteiger partial charge in [-0.25, -0.2) is 15.0 Å². The molecule has 3 rings (SSSR count). The van der Waals surface area contributed by atoms with Crippen LogP contribution in [0.4, 0.5) is 0 Å². The first-order valence-corrected chi connectivity index (χ1v) is 8.07. The van der Waals surface area contributed by atoms with E-state index in [1.54, 1.807) is 0 Å². The summed E-state index contributed by atoms with van der Waals surface area (Å²) in [6.45, 7) is 10.2. The van der Waals surface area contributed by atoms with Crippen LogP contribution in [-0.2, 0) is 19.3 Å². The summed E-state index contributed by atoms with van der Waals surface area (Å²) in [6, 6.07) is 0. The van der Waals surface area contributed by atoms with Gasteiger partial charge in [0.25, 0.3) is 0 Å². The Kier molecular flexibility index (Phi) is 4.07. The van der Waals surface area contributed by atoms with Crippen LogP contribution >= 0.6 is 0 Å². The van der Waals surface area contributed by atoms with Gasteiger partial charge in [-0.3, -0.25) is 0 Å². The third-order valence-corrected chi connectivity index (χ3v) is 4.14. The van der Waals surface area contributed by atoms with Crippen molar-refractivity contribution in [3.63, 3.8) is 0 Å². The van der Waals surface area contributed by atoms with Crippen LogP contribution in [0, 0.1) is 27.7 Å². The minimum absolute atomic E-state index is 0.741. The number of hydrogen-bond acceptors (Lipinski definition) is 3. The summed E-state index contributed by atoms with van der Waals surface area (Å²) in [5.74, 6) is 2.92. The first-order valence-electron chi connectivity index (χ1n) is 8.07. The molecular formula is C17H24N6. The summed E-state index contributed by atoms with van der Waals surface area (Å²) in [4.78, 5) is 23.9. The normalized spacial score (nSPS) is 11.3. The summed E-state index contributed by atoms with van der Waals surface area (Å²) in [7, 11) is 0. The summed E-state index contributed by atoms with van der Waals surface area (Å²) in [5.41, 5.74) is 6.57. The highest BCUT2D eigenvalue weighted by Gasteiger charge is 2.16. The fraction of sp³-hybridized carbons (Fsp3) is 0.471. The Balaban J connectivity index is 1.92. The van der Waals surface area contributed by atoms with Crippen molar-refractivity contribution in [1.82, 2.24) is 29.9 Å². The van der Waals surface area contributed by atoms with E-state index < -0.39 is 0 Å². The first kappa shape index (κ1) is 15.5. The Labute approximate surface area is 136 Å². The molecule has 0 aliphatic heterocycles. The van der Waals surface area contributed by atoms with Gasteiger partial charge in [0.2, 0.25) is 0 Å². The fourth-order valence-corrected chi connectivity index (χ4v) is 2.95. The van der Waals surface area contributed by atoms with Crippen molar-refractivity contribution < 1.29 is 0 Å². The van der Waals surface area contributed by atoms with Crippen LogP contribution in [0.5, 0.6) is 0 Å². The Morgan fingerprint density at radius 1 is 0.696 bits per heavy atom. The van der Waals surface area contributed by atoms with Gasteiger partial charge in [-0.1, -0.05) is 6.92 Å². The van der Waals surface area contributed by atoms with Crippen molar-refractivity contribution in [3.05, 3.63) is 51.6 Å². The van der Waals surface area contributed by atoms with E-state index in [2.05, 4.69) is 45.7 Å². The molecule has 0 aliphatic rings. The van der Waals surface area contributed by atoms with E-state index in [1.165, 1.54) is 0 Å². The van der Waals surface area contributed by atoms with Crippen LogP contribution in [0.3, 0.4) is 0 Å². The van der Waals surface area contributed by atoms with Crippen molar-refractivity contribution in [2.45, 2.75) is 53.9 Å². The maximum absolute atomic E-state index is 4.76. The number of imidazole rings is 3. The zero-order chi connectivity index (χ0) is 16.6. The van der Waals surface area contributed by atoms with Gasteiger partial charge >= 0.3 is 0 Å². The number of rotatable bonds is 5. The second-order valence-corrected chi connectivity index (χ2v) is 6.10. The molecule has 3 aromatic rings. The maximum Gasteiger partial charge on any atom is 0.106 e. The minimum Gasteiger partial charge on any atom is -0.346 e. The van der Waals surface area contributed by atoms with Crippen molar-refractivity contribution in [1.29, 1.82) is 0 Å². The summed E-state index contributed by atoms with van der Waals surface area (Å²) < 4.78 is 0. The molecule has 3 aromatic heterocycles. The predicted octanol–water partition coefficient (Wildman–Crippen LogP) is 2.83. The number of nitrogens with one attached hydrogen (secondary N) is 3. The lowest BCUT2D eigenvalue weighted by Crippen LogP contribution is -1.99. The van der Waals surface area contributed by atoms with E-state index in [1.807, 2.05) is 13.8 Å². The highest BCUT2D eigenvalue weighted by molar-refractivity contribution is 5.29. The zero-order valence-corrected chi connectivity index (χ0v) is 14.5. The van der Waals surface area contributed by atoms with Crippen LogP contribution in [-0.4, -0.2) is 29.9 Å². The third kappa shape index (κ3) is 3.21. The fourth-order valence-electron chi connectivity index (χ4n) is 2.95. The molecule has 122 valence electrons. The number of aromatic nitrogens is 6. The maximum atomic E-state index is 4.76. The van der Waals surface area contributed by atoms with Gasteiger partial charge in [0.1, 0.15) is 17.5 Å². The highest BCUT2D eigenvalue weighted by Crippen LogP contribution is 2.18. The number of aromatic amines is 3. The van der Waals surface area contributed by atoms with Crippen LogP contribution in [0.1, 0.15) is 58.6 Å². The Bertz CT molecular complexity index is 755. The molecule has 23 heavy (non-hydrogen) atoms. The molecule has 0 atom stereocenters. The second-order valence-electron chi connectivity index (χ2n) is 6.10. The lowest BCUT2D eigenvalue weighted by Gasteiger charge is -2.01. The van der Waals surface area contributed by atoms with E-state index in [4.69, 9.17) is 4.98 Å². The van der Waals surface area contributed by atoms with Crippen LogP contribution in [0.25, 0.3) is 0 Å². The molecule has 6 heteroatoms. The van der Waals surface area contributed by atoms with Gasteiger partial charge in [-0.05, 0) is 27.7 Å². The smallest absolute Gasteiger partial charge is 0.106 e. The molecule has 0 fully saturated rings. The average Bonchev–Trinajstić information content (AvgIpc) is 3.11. The minimum atomic E-state index is 0.741. The largest absolute Gasteiger partial charge is 0.346 e. The molecule has 0 amide bonds. The topological polar surface area (TPSA) is 86.0 Å². The average molecular weight is 312 g/mol. The summed E-state index contributed by atoms with van der Waals surface area (Å²) >= 11 is 0. The van der Waals surface area contributed by atoms with Crippen molar-refractivity contribution in [3.8, 4) is 0 Å². The van der Waals surface area contributed by atoms with E-state index in [9.17, 15) is 0 Å². The molecule has 6 nitrogen and oxygen atoms in total. The summed E-state index contributed by atoms with van der Waals surface area (Å²) in [5, 5.41) is 0. The molecule has 0 radical (unpaired) electrons. The Hall–Kier alpha value is -2.37. The van der Waals surface area contributed by atoms with Gasteiger partial charge in [-0.15, -0.1) is 0 Å². The first-order chi connectivity index (χ1) is 11.0. The van der Waals surface area contributed by atoms with Gasteiger partial charge < -0.3 is 15.0 Å². The molecule has 0 aromatic carbocycles. The standard InChI is InChI=1S/C17H24N6/c1-6-17-22-15(7-13-9(2)18-11(4)20-13)16(23-17)8-14-10(3)19-12(5)21-14/h6-8H2,1-5H3,(H,18,20)(H,19,21)(H,22,23). The molecule has 3 heterocycles. The van der Waals surface area contributed by atoms with Gasteiger partial charge in [0.05, 0.1) is 17.1 Å². The molecule has 0 bridgehead atoms. The summed E-state index contributed by atoms with van der Waals surface area (Å²) in [6.07, 6.45) is 2.40. The van der Waals surface area contributed by atoms with Crippen LogP contribution in [0.2, 0.25) is 0 Å². The van der Waals surface area contributed by atoms with Crippen LogP contribution < -0.4 is 0 Å². The van der Waals surface area contributed by atoms with E-state index in [-0.39, 0.29) is 0 Å². The van der Waals surface area contributed by atoms with E-state index in [0.717, 1.165) is 70.9 Å². The quantitative estimate of drug-likeness (QED) is 0.677. The molecule has 0 spiro atoms. The third-order valence-electron chi connectivity index (χ3n) is 4.14. The monoisotopic (exact) mass is 312 g/mol. The predicted molar refractivity (Wildman–Crippen MR) is 89.7 cm³/mol. The van der Waals surface area contributed by atoms with Crippen molar-refractivity contribution in [2.24, 2.45) is 0 Å². The molecule has 0 saturated carbocycles. The highest BCUT2D eigenvalue weighted by atomic mass is 15.0. The molecule has 3 N–H and O–H groups in total. The number of hydrogen-bond donors (Lipinski definition) is 3. The lowest BCUT2D eigenvalue weighted by molar-refractivity contribution is 0.958. The molecule has 0 unspecified atom stereocenters. The van der Waals surface area contributed by atoms with Crippen molar-refractivity contribution >= 4 is 0 Å². The molecular weight excluding hydrogens is 288 g/mol. The van der Waals surface area contributed by atoms with E-state index >= 15 is 0 Å². The van der Waals surface area contributed by atoms with Gasteiger partial charge in [0, 0.05) is 36.3 Å². The Morgan fingerprint density at radius 2 is 1.26 bits per heavy atom. The van der Waals surface area contributed by atoms with E-state index in [0.29, 0.717) is 0 Å². The molecule has 0 aliphatic carbocycles. The zero-order valence-electron chi connectivity index (χ0n) is 14.5. The second kappa shape index (κ2) is 6.02.